The fourth-order valence-electron chi connectivity index (χ4n) is 2.43. The van der Waals surface area contributed by atoms with E-state index in [-0.39, 0.29) is 0 Å². The largest absolute Gasteiger partial charge is 0.493 e. The Balaban J connectivity index is 1.67. The van der Waals surface area contributed by atoms with Gasteiger partial charge in [0.25, 0.3) is 0 Å². The van der Waals surface area contributed by atoms with E-state index >= 15 is 0 Å². The Morgan fingerprint density at radius 3 is 2.59 bits per heavy atom. The third kappa shape index (κ3) is 5.56. The van der Waals surface area contributed by atoms with Crippen LogP contribution in [0.2, 0.25) is 0 Å². The standard InChI is InChI=1S/C21H20BrN3O2/c1-26-20-14-19(22)17(7-12-24-25-18-8-10-23-11-9-18)13-21(20)27-15-16-5-3-2-4-6-16/h2-6,8-14H,7,15H2,1H3,(H,23,25)/b24-12+. The summed E-state index contributed by atoms with van der Waals surface area (Å²) in [5.41, 5.74) is 6.03. The summed E-state index contributed by atoms with van der Waals surface area (Å²) in [4.78, 5) is 3.97. The summed E-state index contributed by atoms with van der Waals surface area (Å²) >= 11 is 3.59. The van der Waals surface area contributed by atoms with Gasteiger partial charge in [0.05, 0.1) is 12.8 Å². The average molecular weight is 426 g/mol. The van der Waals surface area contributed by atoms with Crippen LogP contribution in [0.4, 0.5) is 5.69 Å². The Morgan fingerprint density at radius 2 is 1.85 bits per heavy atom. The first-order valence-electron chi connectivity index (χ1n) is 8.47. The third-order valence-corrected chi connectivity index (χ3v) is 4.58. The molecule has 0 fully saturated rings. The van der Waals surface area contributed by atoms with Crippen LogP contribution in [0, 0.1) is 0 Å². The van der Waals surface area contributed by atoms with E-state index in [0.29, 0.717) is 24.5 Å². The number of aromatic nitrogens is 1. The lowest BCUT2D eigenvalue weighted by atomic mass is 10.1. The smallest absolute Gasteiger partial charge is 0.162 e. The van der Waals surface area contributed by atoms with Gasteiger partial charge in [-0.1, -0.05) is 46.3 Å². The quantitative estimate of drug-likeness (QED) is 0.404. The Hall–Kier alpha value is -2.86. The van der Waals surface area contributed by atoms with E-state index in [1.54, 1.807) is 19.5 Å². The van der Waals surface area contributed by atoms with Crippen LogP contribution >= 0.6 is 15.9 Å². The number of pyridine rings is 1. The number of anilines is 1. The molecular formula is C21H20BrN3O2. The van der Waals surface area contributed by atoms with Gasteiger partial charge in [0.2, 0.25) is 0 Å². The first-order valence-corrected chi connectivity index (χ1v) is 9.26. The molecule has 0 aliphatic rings. The van der Waals surface area contributed by atoms with Gasteiger partial charge in [0, 0.05) is 29.5 Å². The van der Waals surface area contributed by atoms with Gasteiger partial charge in [-0.25, -0.2) is 0 Å². The molecule has 0 spiro atoms. The molecule has 0 aliphatic carbocycles. The number of halogens is 1. The van der Waals surface area contributed by atoms with Gasteiger partial charge in [-0.15, -0.1) is 0 Å². The molecule has 0 amide bonds. The molecule has 138 valence electrons. The van der Waals surface area contributed by atoms with Crippen molar-refractivity contribution in [3.05, 3.63) is 82.6 Å². The molecule has 3 rings (SSSR count). The monoisotopic (exact) mass is 425 g/mol. The number of benzene rings is 2. The summed E-state index contributed by atoms with van der Waals surface area (Å²) in [5.74, 6) is 1.39. The highest BCUT2D eigenvalue weighted by molar-refractivity contribution is 9.10. The van der Waals surface area contributed by atoms with Crippen molar-refractivity contribution in [3.63, 3.8) is 0 Å². The van der Waals surface area contributed by atoms with Gasteiger partial charge < -0.3 is 9.47 Å². The Labute approximate surface area is 167 Å². The summed E-state index contributed by atoms with van der Waals surface area (Å²) in [6.45, 7) is 0.482. The van der Waals surface area contributed by atoms with Crippen LogP contribution < -0.4 is 14.9 Å². The number of methoxy groups -OCH3 is 1. The lowest BCUT2D eigenvalue weighted by Crippen LogP contribution is -2.00. The van der Waals surface area contributed by atoms with Crippen LogP contribution in [0.5, 0.6) is 11.5 Å². The van der Waals surface area contributed by atoms with Gasteiger partial charge in [-0.2, -0.15) is 5.10 Å². The molecule has 27 heavy (non-hydrogen) atoms. The molecule has 1 aromatic heterocycles. The second kappa shape index (κ2) is 9.73. The van der Waals surface area contributed by atoms with E-state index in [0.717, 1.165) is 21.3 Å². The predicted octanol–water partition coefficient (Wildman–Crippen LogP) is 5.07. The van der Waals surface area contributed by atoms with Crippen molar-refractivity contribution < 1.29 is 9.47 Å². The van der Waals surface area contributed by atoms with E-state index in [2.05, 4.69) is 31.4 Å². The van der Waals surface area contributed by atoms with Crippen LogP contribution in [0.3, 0.4) is 0 Å². The minimum absolute atomic E-state index is 0.482. The van der Waals surface area contributed by atoms with Crippen molar-refractivity contribution in [2.24, 2.45) is 5.10 Å². The fraction of sp³-hybridized carbons (Fsp3) is 0.143. The van der Waals surface area contributed by atoms with Crippen molar-refractivity contribution in [1.82, 2.24) is 4.98 Å². The zero-order valence-electron chi connectivity index (χ0n) is 14.9. The first kappa shape index (κ1) is 18.9. The molecule has 1 N–H and O–H groups in total. The highest BCUT2D eigenvalue weighted by Gasteiger charge is 2.10. The first-order chi connectivity index (χ1) is 13.3. The second-order valence-corrected chi connectivity index (χ2v) is 6.59. The van der Waals surface area contributed by atoms with Crippen molar-refractivity contribution in [3.8, 4) is 11.5 Å². The zero-order valence-corrected chi connectivity index (χ0v) is 16.5. The highest BCUT2D eigenvalue weighted by atomic mass is 79.9. The molecule has 5 nitrogen and oxygen atoms in total. The van der Waals surface area contributed by atoms with Crippen molar-refractivity contribution in [2.75, 3.05) is 12.5 Å². The number of ether oxygens (including phenoxy) is 2. The molecule has 0 saturated carbocycles. The van der Waals surface area contributed by atoms with Crippen LogP contribution in [0.1, 0.15) is 11.1 Å². The van der Waals surface area contributed by atoms with E-state index in [1.807, 2.05) is 60.8 Å². The maximum absolute atomic E-state index is 5.97. The van der Waals surface area contributed by atoms with Gasteiger partial charge in [0.1, 0.15) is 6.61 Å². The van der Waals surface area contributed by atoms with E-state index < -0.39 is 0 Å². The number of hydrazone groups is 1. The van der Waals surface area contributed by atoms with Gasteiger partial charge in [0.15, 0.2) is 11.5 Å². The number of nitrogens with zero attached hydrogens (tertiary/aromatic N) is 2. The molecule has 0 aliphatic heterocycles. The third-order valence-electron chi connectivity index (χ3n) is 3.85. The molecule has 0 unspecified atom stereocenters. The second-order valence-electron chi connectivity index (χ2n) is 5.73. The van der Waals surface area contributed by atoms with E-state index in [1.165, 1.54) is 0 Å². The number of hydrogen-bond acceptors (Lipinski definition) is 5. The predicted molar refractivity (Wildman–Crippen MR) is 112 cm³/mol. The van der Waals surface area contributed by atoms with Crippen LogP contribution in [-0.4, -0.2) is 18.3 Å². The van der Waals surface area contributed by atoms with Crippen LogP contribution in [0.15, 0.2) is 76.6 Å². The molecular weight excluding hydrogens is 406 g/mol. The molecule has 0 atom stereocenters. The van der Waals surface area contributed by atoms with E-state index in [9.17, 15) is 0 Å². The SMILES string of the molecule is COc1cc(Br)c(C/C=N/Nc2ccncc2)cc1OCc1ccccc1. The van der Waals surface area contributed by atoms with Crippen LogP contribution in [-0.2, 0) is 13.0 Å². The number of hydrogen-bond donors (Lipinski definition) is 1. The minimum atomic E-state index is 0.482. The normalized spacial score (nSPS) is 10.7. The minimum Gasteiger partial charge on any atom is -0.493 e. The molecule has 6 heteroatoms. The van der Waals surface area contributed by atoms with Crippen molar-refractivity contribution >= 4 is 27.8 Å². The summed E-state index contributed by atoms with van der Waals surface area (Å²) in [6, 6.07) is 17.6. The lowest BCUT2D eigenvalue weighted by Gasteiger charge is -2.13. The molecule has 3 aromatic rings. The fourth-order valence-corrected chi connectivity index (χ4v) is 2.92. The summed E-state index contributed by atoms with van der Waals surface area (Å²) in [6.07, 6.45) is 5.89. The maximum Gasteiger partial charge on any atom is 0.162 e. The maximum atomic E-state index is 5.97. The molecule has 1 heterocycles. The van der Waals surface area contributed by atoms with Gasteiger partial charge >= 0.3 is 0 Å². The summed E-state index contributed by atoms with van der Waals surface area (Å²) in [7, 11) is 1.64. The van der Waals surface area contributed by atoms with Crippen LogP contribution in [0.25, 0.3) is 0 Å². The molecule has 0 bridgehead atoms. The molecule has 0 radical (unpaired) electrons. The summed E-state index contributed by atoms with van der Waals surface area (Å²) < 4.78 is 12.4. The highest BCUT2D eigenvalue weighted by Crippen LogP contribution is 2.34. The molecule has 2 aromatic carbocycles. The van der Waals surface area contributed by atoms with Crippen molar-refractivity contribution in [1.29, 1.82) is 0 Å². The molecule has 0 saturated heterocycles. The van der Waals surface area contributed by atoms with Gasteiger partial charge in [-0.3, -0.25) is 10.4 Å². The lowest BCUT2D eigenvalue weighted by molar-refractivity contribution is 0.284. The number of rotatable bonds is 8. The summed E-state index contributed by atoms with van der Waals surface area (Å²) in [5, 5.41) is 4.25. The van der Waals surface area contributed by atoms with E-state index in [4.69, 9.17) is 9.47 Å². The Bertz CT molecular complexity index is 887. The Kier molecular flexibility index (Phi) is 6.82. The Morgan fingerprint density at radius 1 is 1.07 bits per heavy atom. The number of nitrogens with one attached hydrogen (secondary N) is 1. The van der Waals surface area contributed by atoms with Crippen molar-refractivity contribution in [2.45, 2.75) is 13.0 Å². The average Bonchev–Trinajstić information content (AvgIpc) is 2.72. The zero-order chi connectivity index (χ0) is 18.9. The van der Waals surface area contributed by atoms with Gasteiger partial charge in [-0.05, 0) is 35.4 Å². The topological polar surface area (TPSA) is 55.7 Å².